The van der Waals surface area contributed by atoms with Crippen LogP contribution in [0.4, 0.5) is 5.69 Å². The van der Waals surface area contributed by atoms with Gasteiger partial charge in [0, 0.05) is 25.3 Å². The number of aryl methyl sites for hydroxylation is 1. The summed E-state index contributed by atoms with van der Waals surface area (Å²) in [5, 5.41) is 9.81. The van der Waals surface area contributed by atoms with Gasteiger partial charge in [-0.3, -0.25) is 0 Å². The van der Waals surface area contributed by atoms with Crippen molar-refractivity contribution in [3.63, 3.8) is 0 Å². The van der Waals surface area contributed by atoms with E-state index in [4.69, 9.17) is 0 Å². The summed E-state index contributed by atoms with van der Waals surface area (Å²) in [7, 11) is 4.99. The zero-order valence-electron chi connectivity index (χ0n) is 10.0. The number of carbonyl (C=O) groups is 1. The summed E-state index contributed by atoms with van der Waals surface area (Å²) < 4.78 is 4.52. The molecule has 0 spiro atoms. The number of nitrogens with zero attached hydrogens (tertiary/aromatic N) is 1. The molecule has 1 rings (SSSR count). The zero-order chi connectivity index (χ0) is 12.3. The SMILES string of the molecule is COC(=O)C(O)c1ccc(C)cc1N(C)C. The largest absolute Gasteiger partial charge is 0.467 e. The third kappa shape index (κ3) is 2.52. The lowest BCUT2D eigenvalue weighted by Gasteiger charge is -2.20. The minimum atomic E-state index is -1.23. The molecule has 1 N–H and O–H groups in total. The van der Waals surface area contributed by atoms with Gasteiger partial charge < -0.3 is 14.7 Å². The number of esters is 1. The van der Waals surface area contributed by atoms with Crippen molar-refractivity contribution in [2.75, 3.05) is 26.1 Å². The number of rotatable bonds is 3. The molecule has 0 heterocycles. The Balaban J connectivity index is 3.17. The number of ether oxygens (including phenoxy) is 1. The van der Waals surface area contributed by atoms with Crippen LogP contribution in [0.15, 0.2) is 18.2 Å². The van der Waals surface area contributed by atoms with Gasteiger partial charge >= 0.3 is 5.97 Å². The number of hydrogen-bond acceptors (Lipinski definition) is 4. The molecule has 0 aliphatic rings. The molecular formula is C12H17NO3. The fourth-order valence-electron chi connectivity index (χ4n) is 1.51. The van der Waals surface area contributed by atoms with Gasteiger partial charge in [0.15, 0.2) is 6.10 Å². The average Bonchev–Trinajstić information content (AvgIpc) is 2.26. The first-order chi connectivity index (χ1) is 7.47. The van der Waals surface area contributed by atoms with Gasteiger partial charge in [-0.2, -0.15) is 0 Å². The second kappa shape index (κ2) is 4.99. The molecule has 1 unspecified atom stereocenters. The third-order valence-electron chi connectivity index (χ3n) is 2.39. The van der Waals surface area contributed by atoms with Crippen LogP contribution in [0.5, 0.6) is 0 Å². The highest BCUT2D eigenvalue weighted by atomic mass is 16.5. The molecule has 4 heteroatoms. The number of benzene rings is 1. The minimum Gasteiger partial charge on any atom is -0.467 e. The molecule has 0 saturated heterocycles. The van der Waals surface area contributed by atoms with E-state index in [1.807, 2.05) is 38.1 Å². The molecule has 0 aromatic heterocycles. The average molecular weight is 223 g/mol. The van der Waals surface area contributed by atoms with Crippen molar-refractivity contribution < 1.29 is 14.6 Å². The smallest absolute Gasteiger partial charge is 0.339 e. The summed E-state index contributed by atoms with van der Waals surface area (Å²) in [4.78, 5) is 13.1. The van der Waals surface area contributed by atoms with Crippen molar-refractivity contribution in [2.24, 2.45) is 0 Å². The Hall–Kier alpha value is -1.55. The molecule has 88 valence electrons. The van der Waals surface area contributed by atoms with Gasteiger partial charge in [-0.1, -0.05) is 12.1 Å². The summed E-state index contributed by atoms with van der Waals surface area (Å²) in [6.45, 7) is 1.96. The highest BCUT2D eigenvalue weighted by molar-refractivity contribution is 5.79. The summed E-state index contributed by atoms with van der Waals surface area (Å²) in [5.41, 5.74) is 2.45. The van der Waals surface area contributed by atoms with E-state index in [0.717, 1.165) is 11.3 Å². The Morgan fingerprint density at radius 2 is 2.06 bits per heavy atom. The molecule has 0 bridgehead atoms. The van der Waals surface area contributed by atoms with E-state index < -0.39 is 12.1 Å². The van der Waals surface area contributed by atoms with Gasteiger partial charge in [0.2, 0.25) is 0 Å². The van der Waals surface area contributed by atoms with Crippen molar-refractivity contribution in [2.45, 2.75) is 13.0 Å². The van der Waals surface area contributed by atoms with E-state index in [9.17, 15) is 9.90 Å². The maximum Gasteiger partial charge on any atom is 0.339 e. The van der Waals surface area contributed by atoms with Gasteiger partial charge in [-0.25, -0.2) is 4.79 Å². The Labute approximate surface area is 95.5 Å². The predicted molar refractivity (Wildman–Crippen MR) is 62.5 cm³/mol. The Bertz CT molecular complexity index is 388. The first kappa shape index (κ1) is 12.5. The standard InChI is InChI=1S/C12H17NO3/c1-8-5-6-9(10(7-8)13(2)3)11(14)12(15)16-4/h5-7,11,14H,1-4H3. The Kier molecular flexibility index (Phi) is 3.90. The van der Waals surface area contributed by atoms with Crippen LogP contribution in [0.2, 0.25) is 0 Å². The molecule has 0 amide bonds. The van der Waals surface area contributed by atoms with Gasteiger partial charge in [-0.15, -0.1) is 0 Å². The lowest BCUT2D eigenvalue weighted by atomic mass is 10.0. The lowest BCUT2D eigenvalue weighted by Crippen LogP contribution is -2.18. The second-order valence-corrected chi connectivity index (χ2v) is 3.88. The lowest BCUT2D eigenvalue weighted by molar-refractivity contribution is -0.150. The highest BCUT2D eigenvalue weighted by Gasteiger charge is 2.21. The van der Waals surface area contributed by atoms with Crippen LogP contribution in [0.3, 0.4) is 0 Å². The van der Waals surface area contributed by atoms with Gasteiger partial charge in [0.05, 0.1) is 7.11 Å². The van der Waals surface area contributed by atoms with E-state index in [1.165, 1.54) is 7.11 Å². The summed E-state index contributed by atoms with van der Waals surface area (Å²) in [5.74, 6) is -0.646. The molecule has 1 atom stereocenters. The topological polar surface area (TPSA) is 49.8 Å². The minimum absolute atomic E-state index is 0.558. The van der Waals surface area contributed by atoms with Crippen LogP contribution in [-0.2, 0) is 9.53 Å². The number of anilines is 1. The molecule has 1 aromatic rings. The van der Waals surface area contributed by atoms with E-state index in [2.05, 4.69) is 4.74 Å². The van der Waals surface area contributed by atoms with E-state index in [0.29, 0.717) is 5.56 Å². The molecule has 1 aromatic carbocycles. The predicted octanol–water partition coefficient (Wildman–Crippen LogP) is 1.27. The van der Waals surface area contributed by atoms with Crippen LogP contribution >= 0.6 is 0 Å². The third-order valence-corrected chi connectivity index (χ3v) is 2.39. The van der Waals surface area contributed by atoms with Crippen molar-refractivity contribution in [1.82, 2.24) is 0 Å². The molecule has 4 nitrogen and oxygen atoms in total. The molecule has 0 fully saturated rings. The van der Waals surface area contributed by atoms with Gasteiger partial charge in [0.25, 0.3) is 0 Å². The van der Waals surface area contributed by atoms with Gasteiger partial charge in [-0.05, 0) is 18.6 Å². The molecular weight excluding hydrogens is 206 g/mol. The number of aliphatic hydroxyl groups excluding tert-OH is 1. The van der Waals surface area contributed by atoms with Crippen LogP contribution in [0.25, 0.3) is 0 Å². The normalized spacial score (nSPS) is 12.1. The zero-order valence-corrected chi connectivity index (χ0v) is 10.0. The Morgan fingerprint density at radius 1 is 1.44 bits per heavy atom. The fraction of sp³-hybridized carbons (Fsp3) is 0.417. The van der Waals surface area contributed by atoms with E-state index in [1.54, 1.807) is 6.07 Å². The van der Waals surface area contributed by atoms with Crippen LogP contribution in [0, 0.1) is 6.92 Å². The van der Waals surface area contributed by atoms with Crippen LogP contribution < -0.4 is 4.90 Å². The summed E-state index contributed by atoms with van der Waals surface area (Å²) in [6.07, 6.45) is -1.23. The monoisotopic (exact) mass is 223 g/mol. The fourth-order valence-corrected chi connectivity index (χ4v) is 1.51. The van der Waals surface area contributed by atoms with Gasteiger partial charge in [0.1, 0.15) is 0 Å². The molecule has 16 heavy (non-hydrogen) atoms. The van der Waals surface area contributed by atoms with Crippen molar-refractivity contribution >= 4 is 11.7 Å². The number of hydrogen-bond donors (Lipinski definition) is 1. The van der Waals surface area contributed by atoms with Crippen molar-refractivity contribution in [1.29, 1.82) is 0 Å². The highest BCUT2D eigenvalue weighted by Crippen LogP contribution is 2.27. The summed E-state index contributed by atoms with van der Waals surface area (Å²) >= 11 is 0. The van der Waals surface area contributed by atoms with Crippen LogP contribution in [0.1, 0.15) is 17.2 Å². The number of aliphatic hydroxyl groups is 1. The van der Waals surface area contributed by atoms with Crippen LogP contribution in [-0.4, -0.2) is 32.3 Å². The van der Waals surface area contributed by atoms with Crippen molar-refractivity contribution in [3.05, 3.63) is 29.3 Å². The molecule has 0 radical (unpaired) electrons. The Morgan fingerprint density at radius 3 is 2.56 bits per heavy atom. The second-order valence-electron chi connectivity index (χ2n) is 3.88. The summed E-state index contributed by atoms with van der Waals surface area (Å²) in [6, 6.07) is 5.52. The maximum atomic E-state index is 11.3. The molecule has 0 saturated carbocycles. The van der Waals surface area contributed by atoms with E-state index >= 15 is 0 Å². The first-order valence-electron chi connectivity index (χ1n) is 5.01. The quantitative estimate of drug-likeness (QED) is 0.784. The number of methoxy groups -OCH3 is 1. The molecule has 0 aliphatic carbocycles. The maximum absolute atomic E-state index is 11.3. The van der Waals surface area contributed by atoms with Crippen molar-refractivity contribution in [3.8, 4) is 0 Å². The first-order valence-corrected chi connectivity index (χ1v) is 5.01. The number of carbonyl (C=O) groups excluding carboxylic acids is 1. The molecule has 0 aliphatic heterocycles. The van der Waals surface area contributed by atoms with E-state index in [-0.39, 0.29) is 0 Å².